The fourth-order valence-corrected chi connectivity index (χ4v) is 1.19. The molecule has 0 spiro atoms. The van der Waals surface area contributed by atoms with Crippen molar-refractivity contribution in [3.8, 4) is 5.75 Å². The molecule has 0 unspecified atom stereocenters. The number of furan rings is 1. The van der Waals surface area contributed by atoms with Crippen molar-refractivity contribution in [3.05, 3.63) is 24.5 Å². The third kappa shape index (κ3) is 0.906. The van der Waals surface area contributed by atoms with Gasteiger partial charge in [-0.25, -0.2) is 0 Å². The predicted octanol–water partition coefficient (Wildman–Crippen LogP) is 2.02. The van der Waals surface area contributed by atoms with Crippen LogP contribution in [0.2, 0.25) is 0 Å². The maximum atomic E-state index is 5.69. The van der Waals surface area contributed by atoms with E-state index in [-0.39, 0.29) is 0 Å². The first-order valence-electron chi connectivity index (χ1n) is 3.62. The molecule has 0 aliphatic rings. The number of fused-ring (bicyclic) bond motifs is 1. The van der Waals surface area contributed by atoms with Crippen LogP contribution < -0.4 is 10.5 Å². The molecule has 3 nitrogen and oxygen atoms in total. The highest BCUT2D eigenvalue weighted by molar-refractivity contribution is 5.83. The Bertz CT molecular complexity index is 406. The van der Waals surface area contributed by atoms with E-state index in [1.807, 2.05) is 12.1 Å². The van der Waals surface area contributed by atoms with E-state index in [2.05, 4.69) is 0 Å². The normalized spacial score (nSPS) is 10.4. The lowest BCUT2D eigenvalue weighted by Gasteiger charge is -2.02. The van der Waals surface area contributed by atoms with Crippen molar-refractivity contribution in [1.82, 2.24) is 0 Å². The number of methoxy groups -OCH3 is 1. The molecule has 2 N–H and O–H groups in total. The number of benzene rings is 1. The van der Waals surface area contributed by atoms with E-state index in [0.717, 1.165) is 11.0 Å². The number of hydrogen-bond donors (Lipinski definition) is 1. The molecule has 0 radical (unpaired) electrons. The van der Waals surface area contributed by atoms with Gasteiger partial charge in [-0.1, -0.05) is 0 Å². The summed E-state index contributed by atoms with van der Waals surface area (Å²) in [5.74, 6) is 0.650. The van der Waals surface area contributed by atoms with Gasteiger partial charge >= 0.3 is 0 Å². The summed E-state index contributed by atoms with van der Waals surface area (Å²) >= 11 is 0. The van der Waals surface area contributed by atoms with E-state index in [1.165, 1.54) is 0 Å². The number of nitrogen functional groups attached to an aromatic ring is 1. The van der Waals surface area contributed by atoms with Crippen LogP contribution in [-0.4, -0.2) is 7.11 Å². The van der Waals surface area contributed by atoms with Gasteiger partial charge in [-0.05, 0) is 12.1 Å². The van der Waals surface area contributed by atoms with E-state index in [9.17, 15) is 0 Å². The molecule has 0 aliphatic carbocycles. The highest BCUT2D eigenvalue weighted by Crippen LogP contribution is 2.27. The molecule has 0 bridgehead atoms. The predicted molar refractivity (Wildman–Crippen MR) is 47.2 cm³/mol. The first kappa shape index (κ1) is 7.03. The second kappa shape index (κ2) is 2.44. The van der Waals surface area contributed by atoms with Crippen LogP contribution in [0, 0.1) is 0 Å². The summed E-state index contributed by atoms with van der Waals surface area (Å²) < 4.78 is 10.2. The average molecular weight is 163 g/mol. The van der Waals surface area contributed by atoms with Crippen LogP contribution in [-0.2, 0) is 0 Å². The first-order chi connectivity index (χ1) is 5.81. The number of anilines is 1. The molecule has 1 aromatic heterocycles. The van der Waals surface area contributed by atoms with Crippen molar-refractivity contribution < 1.29 is 9.15 Å². The molecule has 0 saturated carbocycles. The van der Waals surface area contributed by atoms with Crippen molar-refractivity contribution in [2.75, 3.05) is 12.8 Å². The third-order valence-electron chi connectivity index (χ3n) is 1.80. The Labute approximate surface area is 69.7 Å². The fourth-order valence-electron chi connectivity index (χ4n) is 1.19. The van der Waals surface area contributed by atoms with Gasteiger partial charge < -0.3 is 14.9 Å². The number of nitrogens with two attached hydrogens (primary N) is 1. The van der Waals surface area contributed by atoms with E-state index in [1.54, 1.807) is 19.4 Å². The molecule has 1 aromatic carbocycles. The smallest absolute Gasteiger partial charge is 0.145 e. The second-order valence-corrected chi connectivity index (χ2v) is 2.55. The molecule has 0 amide bonds. The topological polar surface area (TPSA) is 48.4 Å². The summed E-state index contributed by atoms with van der Waals surface area (Å²) in [7, 11) is 1.58. The van der Waals surface area contributed by atoms with Crippen molar-refractivity contribution >= 4 is 16.7 Å². The molecule has 3 heteroatoms. The molecule has 0 saturated heterocycles. The van der Waals surface area contributed by atoms with Gasteiger partial charge in [0.25, 0.3) is 0 Å². The van der Waals surface area contributed by atoms with Crippen molar-refractivity contribution in [2.45, 2.75) is 0 Å². The van der Waals surface area contributed by atoms with E-state index < -0.39 is 0 Å². The molecule has 0 aliphatic heterocycles. The molecular weight excluding hydrogens is 154 g/mol. The highest BCUT2D eigenvalue weighted by Gasteiger charge is 2.03. The number of ether oxygens (including phenoxy) is 1. The van der Waals surface area contributed by atoms with Crippen LogP contribution in [0.3, 0.4) is 0 Å². The maximum absolute atomic E-state index is 5.69. The van der Waals surface area contributed by atoms with Gasteiger partial charge in [0.15, 0.2) is 0 Å². The van der Waals surface area contributed by atoms with Crippen LogP contribution in [0.4, 0.5) is 5.69 Å². The molecule has 0 fully saturated rings. The van der Waals surface area contributed by atoms with Crippen LogP contribution >= 0.6 is 0 Å². The summed E-state index contributed by atoms with van der Waals surface area (Å²) in [6.07, 6.45) is 1.63. The van der Waals surface area contributed by atoms with Crippen LogP contribution in [0.25, 0.3) is 11.0 Å². The van der Waals surface area contributed by atoms with Gasteiger partial charge in [-0.15, -0.1) is 0 Å². The van der Waals surface area contributed by atoms with Gasteiger partial charge in [0.1, 0.15) is 11.3 Å². The van der Waals surface area contributed by atoms with Gasteiger partial charge in [0.2, 0.25) is 0 Å². The lowest BCUT2D eigenvalue weighted by molar-refractivity contribution is 0.416. The van der Waals surface area contributed by atoms with Gasteiger partial charge in [0, 0.05) is 11.5 Å². The zero-order valence-electron chi connectivity index (χ0n) is 6.70. The fraction of sp³-hybridized carbons (Fsp3) is 0.111. The quantitative estimate of drug-likeness (QED) is 0.654. The second-order valence-electron chi connectivity index (χ2n) is 2.55. The van der Waals surface area contributed by atoms with Crippen molar-refractivity contribution in [2.24, 2.45) is 0 Å². The summed E-state index contributed by atoms with van der Waals surface area (Å²) in [5.41, 5.74) is 7.11. The summed E-state index contributed by atoms with van der Waals surface area (Å²) in [6.45, 7) is 0. The molecular formula is C9H9NO2. The van der Waals surface area contributed by atoms with Crippen molar-refractivity contribution in [3.63, 3.8) is 0 Å². The molecule has 2 aromatic rings. The van der Waals surface area contributed by atoms with Crippen LogP contribution in [0.5, 0.6) is 5.75 Å². The minimum atomic E-state index is 0.631. The van der Waals surface area contributed by atoms with Crippen molar-refractivity contribution in [1.29, 1.82) is 0 Å². The Morgan fingerprint density at radius 2 is 2.25 bits per heavy atom. The SMILES string of the molecule is COc1cc2occc2cc1N. The summed E-state index contributed by atoms with van der Waals surface area (Å²) in [6, 6.07) is 5.48. The Balaban J connectivity index is 2.73. The molecule has 0 atom stereocenters. The standard InChI is InChI=1S/C9H9NO2/c1-11-9-5-8-6(2-3-12-8)4-7(9)10/h2-5H,10H2,1H3. The van der Waals surface area contributed by atoms with Gasteiger partial charge in [-0.3, -0.25) is 0 Å². The molecule has 2 rings (SSSR count). The Morgan fingerprint density at radius 1 is 1.42 bits per heavy atom. The van der Waals surface area contributed by atoms with Gasteiger partial charge in [-0.2, -0.15) is 0 Å². The molecule has 1 heterocycles. The zero-order chi connectivity index (χ0) is 8.55. The zero-order valence-corrected chi connectivity index (χ0v) is 6.70. The maximum Gasteiger partial charge on any atom is 0.145 e. The largest absolute Gasteiger partial charge is 0.494 e. The van der Waals surface area contributed by atoms with Gasteiger partial charge in [0.05, 0.1) is 19.1 Å². The van der Waals surface area contributed by atoms with E-state index in [4.69, 9.17) is 14.9 Å². The Morgan fingerprint density at radius 3 is 3.00 bits per heavy atom. The highest BCUT2D eigenvalue weighted by atomic mass is 16.5. The number of rotatable bonds is 1. The monoisotopic (exact) mass is 163 g/mol. The summed E-state index contributed by atoms with van der Waals surface area (Å²) in [4.78, 5) is 0. The molecule has 62 valence electrons. The summed E-state index contributed by atoms with van der Waals surface area (Å²) in [5, 5.41) is 0.994. The van der Waals surface area contributed by atoms with Crippen LogP contribution in [0.1, 0.15) is 0 Å². The lowest BCUT2D eigenvalue weighted by atomic mass is 10.2. The number of hydrogen-bond acceptors (Lipinski definition) is 3. The van der Waals surface area contributed by atoms with E-state index in [0.29, 0.717) is 11.4 Å². The van der Waals surface area contributed by atoms with Crippen LogP contribution in [0.15, 0.2) is 28.9 Å². The minimum absolute atomic E-state index is 0.631. The van der Waals surface area contributed by atoms with E-state index >= 15 is 0 Å². The Kier molecular flexibility index (Phi) is 1.43. The molecule has 12 heavy (non-hydrogen) atoms. The first-order valence-corrected chi connectivity index (χ1v) is 3.62. The third-order valence-corrected chi connectivity index (χ3v) is 1.80. The lowest BCUT2D eigenvalue weighted by Crippen LogP contribution is -1.90. The minimum Gasteiger partial charge on any atom is -0.494 e. The Hall–Kier alpha value is -1.64. The average Bonchev–Trinajstić information content (AvgIpc) is 2.49.